The molecule has 1 amide bonds. The minimum Gasteiger partial charge on any atom is -0.361 e. The average Bonchev–Trinajstić information content (AvgIpc) is 2.93. The molecule has 1 aromatic heterocycles. The Balaban J connectivity index is 2.02. The van der Waals surface area contributed by atoms with Gasteiger partial charge in [-0.2, -0.15) is 0 Å². The molecule has 1 aliphatic heterocycles. The molecule has 0 aliphatic carbocycles. The van der Waals surface area contributed by atoms with Gasteiger partial charge in [-0.25, -0.2) is 8.42 Å². The number of carbonyl (C=O) groups excluding carboxylic acids is 1. The van der Waals surface area contributed by atoms with Crippen molar-refractivity contribution in [2.24, 2.45) is 0 Å². The maximum Gasteiger partial charge on any atom is 0.264 e. The first-order chi connectivity index (χ1) is 12.7. The highest BCUT2D eigenvalue weighted by Gasteiger charge is 2.32. The van der Waals surface area contributed by atoms with Crippen LogP contribution in [0.3, 0.4) is 0 Å². The zero-order valence-corrected chi connectivity index (χ0v) is 17.3. The molecule has 2 heterocycles. The van der Waals surface area contributed by atoms with Gasteiger partial charge in [-0.1, -0.05) is 17.7 Å². The number of rotatable bonds is 4. The number of hydrogen-bond acceptors (Lipinski definition) is 3. The average molecular weight is 410 g/mol. The largest absolute Gasteiger partial charge is 0.361 e. The predicted molar refractivity (Wildman–Crippen MR) is 107 cm³/mol. The van der Waals surface area contributed by atoms with Gasteiger partial charge in [0.2, 0.25) is 0 Å². The Morgan fingerprint density at radius 2 is 1.78 bits per heavy atom. The van der Waals surface area contributed by atoms with E-state index < -0.39 is 10.0 Å². The lowest BCUT2D eigenvalue weighted by atomic mass is 10.1. The fourth-order valence-corrected chi connectivity index (χ4v) is 5.25. The number of nitrogens with zero attached hydrogens (tertiary/aromatic N) is 1. The molecular formula is C19H24ClN3O3S. The highest BCUT2D eigenvalue weighted by atomic mass is 35.5. The normalized spacial score (nSPS) is 15.0. The second-order valence-electron chi connectivity index (χ2n) is 7.00. The van der Waals surface area contributed by atoms with Crippen molar-refractivity contribution in [1.82, 2.24) is 9.88 Å². The van der Waals surface area contributed by atoms with E-state index in [0.29, 0.717) is 35.2 Å². The Morgan fingerprint density at radius 3 is 2.44 bits per heavy atom. The number of aromatic amines is 1. The van der Waals surface area contributed by atoms with Gasteiger partial charge in [0.1, 0.15) is 4.90 Å². The van der Waals surface area contributed by atoms with E-state index >= 15 is 0 Å². The van der Waals surface area contributed by atoms with E-state index in [2.05, 4.69) is 9.71 Å². The summed E-state index contributed by atoms with van der Waals surface area (Å²) in [7, 11) is -3.96. The van der Waals surface area contributed by atoms with E-state index in [-0.39, 0.29) is 16.4 Å². The van der Waals surface area contributed by atoms with Crippen LogP contribution in [0.25, 0.3) is 0 Å². The molecule has 0 unspecified atom stereocenters. The Hall–Kier alpha value is -1.99. The van der Waals surface area contributed by atoms with E-state index in [1.807, 2.05) is 0 Å². The van der Waals surface area contributed by atoms with E-state index in [1.54, 1.807) is 43.9 Å². The minimum atomic E-state index is -3.96. The molecule has 6 nitrogen and oxygen atoms in total. The first-order valence-electron chi connectivity index (χ1n) is 8.98. The Morgan fingerprint density at radius 1 is 1.11 bits per heavy atom. The van der Waals surface area contributed by atoms with Gasteiger partial charge < -0.3 is 9.88 Å². The molecule has 146 valence electrons. The van der Waals surface area contributed by atoms with Gasteiger partial charge in [-0.15, -0.1) is 0 Å². The van der Waals surface area contributed by atoms with Gasteiger partial charge in [0.25, 0.3) is 15.9 Å². The lowest BCUT2D eigenvalue weighted by Gasteiger charge is -2.27. The number of carbonyl (C=O) groups is 1. The summed E-state index contributed by atoms with van der Waals surface area (Å²) in [6.07, 6.45) is 2.97. The van der Waals surface area contributed by atoms with Crippen LogP contribution in [-0.2, 0) is 10.0 Å². The topological polar surface area (TPSA) is 82.3 Å². The molecule has 2 aromatic rings. The minimum absolute atomic E-state index is 0.00921. The molecule has 2 N–H and O–H groups in total. The van der Waals surface area contributed by atoms with Crippen molar-refractivity contribution in [2.45, 2.75) is 44.9 Å². The van der Waals surface area contributed by atoms with Crippen LogP contribution in [0.1, 0.15) is 46.6 Å². The number of aryl methyl sites for hydroxylation is 3. The lowest BCUT2D eigenvalue weighted by molar-refractivity contribution is 0.0720. The summed E-state index contributed by atoms with van der Waals surface area (Å²) in [6, 6.07) is 5.01. The van der Waals surface area contributed by atoms with E-state index in [9.17, 15) is 13.2 Å². The highest BCUT2D eigenvalue weighted by Crippen LogP contribution is 2.29. The predicted octanol–water partition coefficient (Wildman–Crippen LogP) is 4.02. The number of likely N-dealkylation sites (tertiary alicyclic amines) is 1. The molecule has 0 spiro atoms. The van der Waals surface area contributed by atoms with Crippen LogP contribution in [-0.4, -0.2) is 37.3 Å². The number of benzene rings is 1. The van der Waals surface area contributed by atoms with Crippen LogP contribution in [0.15, 0.2) is 23.1 Å². The zero-order valence-electron chi connectivity index (χ0n) is 15.7. The summed E-state index contributed by atoms with van der Waals surface area (Å²) in [5.74, 6) is -0.236. The number of anilines is 1. The molecule has 1 aliphatic rings. The molecule has 3 rings (SSSR count). The van der Waals surface area contributed by atoms with Crippen molar-refractivity contribution >= 4 is 33.2 Å². The number of piperidine rings is 1. The van der Waals surface area contributed by atoms with E-state index in [0.717, 1.165) is 24.8 Å². The summed E-state index contributed by atoms with van der Waals surface area (Å²) in [5, 5.41) is 0.435. The van der Waals surface area contributed by atoms with Gasteiger partial charge in [0.15, 0.2) is 0 Å². The highest BCUT2D eigenvalue weighted by molar-refractivity contribution is 7.92. The molecule has 1 fully saturated rings. The molecular weight excluding hydrogens is 386 g/mol. The van der Waals surface area contributed by atoms with Crippen molar-refractivity contribution in [2.75, 3.05) is 17.8 Å². The van der Waals surface area contributed by atoms with Crippen molar-refractivity contribution in [1.29, 1.82) is 0 Å². The van der Waals surface area contributed by atoms with Crippen LogP contribution >= 0.6 is 11.6 Å². The third-order valence-corrected chi connectivity index (χ3v) is 6.66. The van der Waals surface area contributed by atoms with Gasteiger partial charge in [-0.05, 0) is 57.7 Å². The van der Waals surface area contributed by atoms with Gasteiger partial charge >= 0.3 is 0 Å². The Bertz CT molecular complexity index is 976. The van der Waals surface area contributed by atoms with E-state index in [1.165, 1.54) is 0 Å². The summed E-state index contributed by atoms with van der Waals surface area (Å²) in [5.41, 5.74) is 2.38. The SMILES string of the molecule is Cc1ccc(Cl)cc1NS(=O)(=O)c1c(C)[nH]c(C)c1C(=O)N1CCCCC1. The van der Waals surface area contributed by atoms with Crippen LogP contribution in [0, 0.1) is 20.8 Å². The maximum absolute atomic E-state index is 13.2. The van der Waals surface area contributed by atoms with Crippen LogP contribution < -0.4 is 4.72 Å². The smallest absolute Gasteiger partial charge is 0.264 e. The van der Waals surface area contributed by atoms with Crippen LogP contribution in [0.4, 0.5) is 5.69 Å². The molecule has 8 heteroatoms. The number of aromatic nitrogens is 1. The Kier molecular flexibility index (Phi) is 5.53. The van der Waals surface area contributed by atoms with Crippen molar-refractivity contribution in [3.05, 3.63) is 45.7 Å². The Labute approximate surface area is 165 Å². The number of amides is 1. The third-order valence-electron chi connectivity index (χ3n) is 4.89. The fourth-order valence-electron chi connectivity index (χ4n) is 3.51. The summed E-state index contributed by atoms with van der Waals surface area (Å²) >= 11 is 6.01. The maximum atomic E-state index is 13.2. The van der Waals surface area contributed by atoms with E-state index in [4.69, 9.17) is 11.6 Å². The third kappa shape index (κ3) is 3.99. The molecule has 0 radical (unpaired) electrons. The number of sulfonamides is 1. The number of H-pyrrole nitrogens is 1. The molecule has 0 atom stereocenters. The molecule has 0 bridgehead atoms. The van der Waals surface area contributed by atoms with Gasteiger partial charge in [0.05, 0.1) is 11.3 Å². The summed E-state index contributed by atoms with van der Waals surface area (Å²) in [6.45, 7) is 6.50. The number of nitrogens with one attached hydrogen (secondary N) is 2. The molecule has 0 saturated carbocycles. The zero-order chi connectivity index (χ0) is 19.8. The van der Waals surface area contributed by atoms with Crippen molar-refractivity contribution in [3.8, 4) is 0 Å². The molecule has 27 heavy (non-hydrogen) atoms. The molecule has 1 aromatic carbocycles. The van der Waals surface area contributed by atoms with Crippen molar-refractivity contribution < 1.29 is 13.2 Å². The lowest BCUT2D eigenvalue weighted by Crippen LogP contribution is -2.36. The van der Waals surface area contributed by atoms with Crippen LogP contribution in [0.5, 0.6) is 0 Å². The first kappa shape index (κ1) is 19.8. The summed E-state index contributed by atoms with van der Waals surface area (Å²) < 4.78 is 28.9. The fraction of sp³-hybridized carbons (Fsp3) is 0.421. The first-order valence-corrected chi connectivity index (χ1v) is 10.8. The van der Waals surface area contributed by atoms with Crippen molar-refractivity contribution in [3.63, 3.8) is 0 Å². The van der Waals surface area contributed by atoms with Gasteiger partial charge in [0, 0.05) is 29.5 Å². The quantitative estimate of drug-likeness (QED) is 0.799. The second-order valence-corrected chi connectivity index (χ2v) is 9.05. The van der Waals surface area contributed by atoms with Gasteiger partial charge in [-0.3, -0.25) is 9.52 Å². The van der Waals surface area contributed by atoms with Crippen LogP contribution in [0.2, 0.25) is 5.02 Å². The monoisotopic (exact) mass is 409 g/mol. The molecule has 1 saturated heterocycles. The second kappa shape index (κ2) is 7.56. The number of hydrogen-bond donors (Lipinski definition) is 2. The summed E-state index contributed by atoms with van der Waals surface area (Å²) in [4.78, 5) is 17.8. The standard InChI is InChI=1S/C19H24ClN3O3S/c1-12-7-8-15(20)11-16(12)22-27(25,26)18-14(3)21-13(2)17(18)19(24)23-9-5-4-6-10-23/h7-8,11,21-22H,4-6,9-10H2,1-3H3. The number of halogens is 1.